The molecule has 0 radical (unpaired) electrons. The Balaban J connectivity index is 2.39. The predicted molar refractivity (Wildman–Crippen MR) is 79.0 cm³/mol. The van der Waals surface area contributed by atoms with Crippen molar-refractivity contribution in [3.8, 4) is 0 Å². The number of benzene rings is 1. The Bertz CT molecular complexity index is 325. The molecule has 0 amide bonds. The van der Waals surface area contributed by atoms with Crippen LogP contribution in [0.1, 0.15) is 32.3 Å². The van der Waals surface area contributed by atoms with Crippen LogP contribution in [0.4, 0.5) is 5.69 Å². The predicted octanol–water partition coefficient (Wildman–Crippen LogP) is 2.89. The van der Waals surface area contributed by atoms with Crippen LogP contribution in [-0.4, -0.2) is 22.5 Å². The van der Waals surface area contributed by atoms with Crippen LogP contribution in [0.3, 0.4) is 0 Å². The van der Waals surface area contributed by atoms with Gasteiger partial charge in [-0.3, -0.25) is 0 Å². The minimum absolute atomic E-state index is 0.817. The fourth-order valence-electron chi connectivity index (χ4n) is 1.75. The van der Waals surface area contributed by atoms with E-state index in [2.05, 4.69) is 19.9 Å². The number of aryl methyl sites for hydroxylation is 1. The lowest BCUT2D eigenvalue weighted by molar-refractivity contribution is 0.196. The molecule has 0 aliphatic carbocycles. The maximum atomic E-state index is 5.83. The molecule has 18 heavy (non-hydrogen) atoms. The maximum Gasteiger partial charge on any atom is 0.321 e. The van der Waals surface area contributed by atoms with Gasteiger partial charge < -0.3 is 14.6 Å². The van der Waals surface area contributed by atoms with Crippen LogP contribution < -0.4 is 5.73 Å². The summed E-state index contributed by atoms with van der Waals surface area (Å²) in [6.07, 6.45) is 3.10. The van der Waals surface area contributed by atoms with Crippen molar-refractivity contribution in [1.82, 2.24) is 0 Å². The van der Waals surface area contributed by atoms with Gasteiger partial charge >= 0.3 is 9.28 Å². The van der Waals surface area contributed by atoms with Crippen molar-refractivity contribution < 1.29 is 8.85 Å². The molecule has 0 bridgehead atoms. The summed E-state index contributed by atoms with van der Waals surface area (Å²) < 4.78 is 11.7. The van der Waals surface area contributed by atoms with Crippen molar-refractivity contribution in [1.29, 1.82) is 0 Å². The first-order valence-corrected chi connectivity index (χ1v) is 8.59. The van der Waals surface area contributed by atoms with Crippen LogP contribution in [0.5, 0.6) is 0 Å². The van der Waals surface area contributed by atoms with E-state index in [1.165, 1.54) is 5.56 Å². The molecular weight excluding hydrogens is 242 g/mol. The number of rotatable bonds is 9. The van der Waals surface area contributed by atoms with E-state index in [9.17, 15) is 0 Å². The molecule has 0 heterocycles. The third kappa shape index (κ3) is 6.19. The fourth-order valence-corrected chi connectivity index (χ4v) is 3.74. The normalized spacial score (nSPS) is 11.1. The summed E-state index contributed by atoms with van der Waals surface area (Å²) in [5, 5.41) is 0. The zero-order valence-corrected chi connectivity index (χ0v) is 12.7. The van der Waals surface area contributed by atoms with Crippen LogP contribution in [-0.2, 0) is 15.3 Å². The van der Waals surface area contributed by atoms with E-state index < -0.39 is 9.28 Å². The lowest BCUT2D eigenvalue weighted by Crippen LogP contribution is -2.24. The molecule has 0 saturated heterocycles. The van der Waals surface area contributed by atoms with Crippen LogP contribution in [0.2, 0.25) is 6.04 Å². The van der Waals surface area contributed by atoms with Gasteiger partial charge in [-0.05, 0) is 43.0 Å². The molecular formula is C14H25NO2Si. The van der Waals surface area contributed by atoms with Gasteiger partial charge in [0.2, 0.25) is 0 Å². The lowest BCUT2D eigenvalue weighted by atomic mass is 10.1. The summed E-state index contributed by atoms with van der Waals surface area (Å²) in [5.74, 6) is 0. The zero-order chi connectivity index (χ0) is 13.2. The second-order valence-electron chi connectivity index (χ2n) is 4.45. The molecule has 0 unspecified atom stereocenters. The molecule has 0 saturated carbocycles. The van der Waals surface area contributed by atoms with E-state index >= 15 is 0 Å². The molecule has 1 rings (SSSR count). The molecule has 4 heteroatoms. The Labute approximate surface area is 112 Å². The Kier molecular flexibility index (Phi) is 7.72. The van der Waals surface area contributed by atoms with Gasteiger partial charge in [-0.2, -0.15) is 0 Å². The van der Waals surface area contributed by atoms with Gasteiger partial charge in [-0.1, -0.05) is 26.0 Å². The number of nitrogens with two attached hydrogens (primary N) is 1. The zero-order valence-electron chi connectivity index (χ0n) is 11.5. The smallest absolute Gasteiger partial charge is 0.321 e. The Hall–Kier alpha value is -0.843. The Morgan fingerprint density at radius 3 is 2.33 bits per heavy atom. The summed E-state index contributed by atoms with van der Waals surface area (Å²) in [4.78, 5) is 0. The van der Waals surface area contributed by atoms with Gasteiger partial charge in [0.25, 0.3) is 0 Å². The van der Waals surface area contributed by atoms with E-state index in [0.717, 1.165) is 44.2 Å². The largest absolute Gasteiger partial charge is 0.399 e. The average molecular weight is 267 g/mol. The summed E-state index contributed by atoms with van der Waals surface area (Å²) >= 11 is 0. The highest BCUT2D eigenvalue weighted by Crippen LogP contribution is 2.11. The van der Waals surface area contributed by atoms with Crippen molar-refractivity contribution >= 4 is 15.0 Å². The summed E-state index contributed by atoms with van der Waals surface area (Å²) in [6.45, 7) is 5.89. The van der Waals surface area contributed by atoms with Crippen LogP contribution in [0, 0.1) is 0 Å². The summed E-state index contributed by atoms with van der Waals surface area (Å²) in [7, 11) is -1.50. The van der Waals surface area contributed by atoms with Crippen molar-refractivity contribution in [2.75, 3.05) is 18.9 Å². The highest BCUT2D eigenvalue weighted by atomic mass is 28.3. The van der Waals surface area contributed by atoms with Gasteiger partial charge in [-0.15, -0.1) is 0 Å². The average Bonchev–Trinajstić information content (AvgIpc) is 2.38. The van der Waals surface area contributed by atoms with E-state index in [0.29, 0.717) is 0 Å². The van der Waals surface area contributed by atoms with Crippen molar-refractivity contribution in [2.24, 2.45) is 0 Å². The number of hydrogen-bond acceptors (Lipinski definition) is 3. The summed E-state index contributed by atoms with van der Waals surface area (Å²) in [5.41, 5.74) is 7.87. The van der Waals surface area contributed by atoms with Crippen LogP contribution in [0.15, 0.2) is 24.3 Å². The van der Waals surface area contributed by atoms with Gasteiger partial charge in [0.15, 0.2) is 0 Å². The molecule has 0 fully saturated rings. The van der Waals surface area contributed by atoms with Crippen molar-refractivity contribution in [3.05, 3.63) is 29.8 Å². The first-order chi connectivity index (χ1) is 8.76. The van der Waals surface area contributed by atoms with Crippen molar-refractivity contribution in [3.63, 3.8) is 0 Å². The van der Waals surface area contributed by atoms with E-state index in [4.69, 9.17) is 14.6 Å². The molecule has 0 atom stereocenters. The van der Waals surface area contributed by atoms with E-state index in [1.807, 2.05) is 18.2 Å². The third-order valence-corrected chi connectivity index (χ3v) is 4.61. The third-order valence-electron chi connectivity index (χ3n) is 2.64. The monoisotopic (exact) mass is 267 g/mol. The lowest BCUT2D eigenvalue weighted by Gasteiger charge is -2.16. The number of nitrogen functional groups attached to an aromatic ring is 1. The minimum Gasteiger partial charge on any atom is -0.399 e. The van der Waals surface area contributed by atoms with E-state index in [-0.39, 0.29) is 0 Å². The van der Waals surface area contributed by atoms with Gasteiger partial charge in [0, 0.05) is 18.9 Å². The van der Waals surface area contributed by atoms with Gasteiger partial charge in [0.05, 0.1) is 0 Å². The topological polar surface area (TPSA) is 44.5 Å². The van der Waals surface area contributed by atoms with Gasteiger partial charge in [0.1, 0.15) is 0 Å². The first kappa shape index (κ1) is 15.2. The second kappa shape index (κ2) is 9.14. The standard InChI is InChI=1S/C14H25NO2Si/c1-3-9-16-18(17-10-4-2)11-8-13-6-5-7-14(15)12-13/h5-7,12,18H,3-4,8-11,15H2,1-2H3. The second-order valence-corrected chi connectivity index (χ2v) is 6.56. The molecule has 2 N–H and O–H groups in total. The number of hydrogen-bond donors (Lipinski definition) is 1. The molecule has 3 nitrogen and oxygen atoms in total. The minimum atomic E-state index is -1.50. The summed E-state index contributed by atoms with van der Waals surface area (Å²) in [6, 6.07) is 9.08. The molecule has 0 aromatic heterocycles. The molecule has 102 valence electrons. The SMILES string of the molecule is CCCO[SiH](CCc1cccc(N)c1)OCCC. The molecule has 0 spiro atoms. The Morgan fingerprint density at radius 1 is 1.11 bits per heavy atom. The quantitative estimate of drug-likeness (QED) is 0.553. The molecule has 1 aromatic rings. The molecule has 0 aliphatic rings. The highest BCUT2D eigenvalue weighted by molar-refractivity contribution is 6.44. The van der Waals surface area contributed by atoms with Crippen LogP contribution >= 0.6 is 0 Å². The van der Waals surface area contributed by atoms with Crippen LogP contribution in [0.25, 0.3) is 0 Å². The number of anilines is 1. The first-order valence-electron chi connectivity index (χ1n) is 6.83. The maximum absolute atomic E-state index is 5.83. The molecule has 0 aliphatic heterocycles. The fraction of sp³-hybridized carbons (Fsp3) is 0.571. The van der Waals surface area contributed by atoms with Crippen molar-refractivity contribution in [2.45, 2.75) is 39.2 Å². The van der Waals surface area contributed by atoms with E-state index in [1.54, 1.807) is 0 Å². The Morgan fingerprint density at radius 2 is 1.78 bits per heavy atom. The highest BCUT2D eigenvalue weighted by Gasteiger charge is 2.12. The molecule has 1 aromatic carbocycles. The van der Waals surface area contributed by atoms with Gasteiger partial charge in [-0.25, -0.2) is 0 Å².